The molecule has 0 spiro atoms. The third-order valence-electron chi connectivity index (χ3n) is 5.11. The number of nitrogens with zero attached hydrogens (tertiary/aromatic N) is 1. The molecule has 0 fully saturated rings. The molecule has 2 aromatic heterocycles. The average molecular weight is 460 g/mol. The van der Waals surface area contributed by atoms with Crippen molar-refractivity contribution in [3.8, 4) is 11.3 Å². The second-order valence-corrected chi connectivity index (χ2v) is 8.46. The van der Waals surface area contributed by atoms with Gasteiger partial charge in [0.2, 0.25) is 0 Å². The number of esters is 1. The first-order valence-corrected chi connectivity index (χ1v) is 11.0. The van der Waals surface area contributed by atoms with Gasteiger partial charge in [-0.2, -0.15) is 0 Å². The average Bonchev–Trinajstić information content (AvgIpc) is 3.25. The Kier molecular flexibility index (Phi) is 6.19. The number of pyridine rings is 1. The molecular formula is C25H21N3O4S. The number of hydrogen-bond donors (Lipinski definition) is 2. The van der Waals surface area contributed by atoms with Crippen molar-refractivity contribution in [1.29, 1.82) is 0 Å². The largest absolute Gasteiger partial charge is 0.452 e. The summed E-state index contributed by atoms with van der Waals surface area (Å²) in [6.45, 7) is 3.50. The van der Waals surface area contributed by atoms with Crippen molar-refractivity contribution in [1.82, 2.24) is 4.98 Å². The minimum Gasteiger partial charge on any atom is -0.452 e. The fourth-order valence-corrected chi connectivity index (χ4v) is 4.36. The first kappa shape index (κ1) is 22.2. The summed E-state index contributed by atoms with van der Waals surface area (Å²) in [7, 11) is 0. The lowest BCUT2D eigenvalue weighted by Gasteiger charge is -2.12. The summed E-state index contributed by atoms with van der Waals surface area (Å²) < 4.78 is 5.30. The number of ether oxygens (including phenoxy) is 1. The zero-order chi connectivity index (χ0) is 23.5. The number of carbonyl (C=O) groups is 3. The van der Waals surface area contributed by atoms with E-state index in [0.717, 1.165) is 28.0 Å². The van der Waals surface area contributed by atoms with Gasteiger partial charge in [0.1, 0.15) is 5.00 Å². The van der Waals surface area contributed by atoms with Gasteiger partial charge in [0.05, 0.1) is 22.3 Å². The Balaban J connectivity index is 1.59. The van der Waals surface area contributed by atoms with E-state index < -0.39 is 24.4 Å². The SMILES string of the molecule is Cc1ccc(-c2cc(C(=O)OCC(=O)Nc3sccc3C(N)=O)c3ccccc3n2)c(C)c1. The van der Waals surface area contributed by atoms with Crippen LogP contribution in [-0.2, 0) is 9.53 Å². The van der Waals surface area contributed by atoms with Crippen LogP contribution >= 0.6 is 11.3 Å². The lowest BCUT2D eigenvalue weighted by Crippen LogP contribution is -2.22. The van der Waals surface area contributed by atoms with E-state index in [9.17, 15) is 14.4 Å². The number of fused-ring (bicyclic) bond motifs is 1. The van der Waals surface area contributed by atoms with Crippen LogP contribution in [0.3, 0.4) is 0 Å². The van der Waals surface area contributed by atoms with Crippen LogP contribution in [0.5, 0.6) is 0 Å². The van der Waals surface area contributed by atoms with E-state index in [1.807, 2.05) is 44.2 Å². The number of anilines is 1. The molecule has 4 rings (SSSR count). The van der Waals surface area contributed by atoms with Crippen LogP contribution < -0.4 is 11.1 Å². The van der Waals surface area contributed by atoms with Gasteiger partial charge in [0, 0.05) is 10.9 Å². The number of thiophene rings is 1. The fourth-order valence-electron chi connectivity index (χ4n) is 3.55. The summed E-state index contributed by atoms with van der Waals surface area (Å²) in [5.74, 6) is -1.86. The van der Waals surface area contributed by atoms with Crippen LogP contribution in [0.25, 0.3) is 22.2 Å². The zero-order valence-corrected chi connectivity index (χ0v) is 18.9. The molecule has 166 valence electrons. The van der Waals surface area contributed by atoms with Crippen molar-refractivity contribution in [3.05, 3.63) is 82.2 Å². The van der Waals surface area contributed by atoms with Gasteiger partial charge in [-0.25, -0.2) is 9.78 Å². The van der Waals surface area contributed by atoms with Crippen LogP contribution in [0.1, 0.15) is 31.8 Å². The molecule has 2 heterocycles. The van der Waals surface area contributed by atoms with Crippen LogP contribution in [-0.4, -0.2) is 29.4 Å². The first-order valence-electron chi connectivity index (χ1n) is 10.1. The van der Waals surface area contributed by atoms with Crippen molar-refractivity contribution in [2.45, 2.75) is 13.8 Å². The summed E-state index contributed by atoms with van der Waals surface area (Å²) >= 11 is 1.16. The van der Waals surface area contributed by atoms with Crippen LogP contribution in [0.2, 0.25) is 0 Å². The highest BCUT2D eigenvalue weighted by Crippen LogP contribution is 2.28. The number of hydrogen-bond acceptors (Lipinski definition) is 6. The van der Waals surface area contributed by atoms with Crippen LogP contribution in [0.15, 0.2) is 60.0 Å². The van der Waals surface area contributed by atoms with E-state index in [1.165, 1.54) is 6.07 Å². The first-order chi connectivity index (χ1) is 15.8. The van der Waals surface area contributed by atoms with Gasteiger partial charge < -0.3 is 15.8 Å². The predicted octanol–water partition coefficient (Wildman–Crippen LogP) is 4.47. The minimum absolute atomic E-state index is 0.206. The molecule has 3 N–H and O–H groups in total. The third-order valence-corrected chi connectivity index (χ3v) is 5.94. The van der Waals surface area contributed by atoms with E-state index in [2.05, 4.69) is 11.4 Å². The van der Waals surface area contributed by atoms with Crippen molar-refractivity contribution in [2.24, 2.45) is 5.73 Å². The van der Waals surface area contributed by atoms with Gasteiger partial charge in [-0.15, -0.1) is 11.3 Å². The maximum absolute atomic E-state index is 13.0. The molecule has 33 heavy (non-hydrogen) atoms. The summed E-state index contributed by atoms with van der Waals surface area (Å²) in [6, 6.07) is 16.5. The number of amides is 2. The van der Waals surface area contributed by atoms with Gasteiger partial charge in [0.25, 0.3) is 11.8 Å². The van der Waals surface area contributed by atoms with E-state index in [1.54, 1.807) is 17.5 Å². The van der Waals surface area contributed by atoms with Crippen molar-refractivity contribution in [3.63, 3.8) is 0 Å². The molecule has 0 bridgehead atoms. The maximum atomic E-state index is 13.0. The Labute approximate surface area is 194 Å². The number of rotatable bonds is 6. The van der Waals surface area contributed by atoms with E-state index in [0.29, 0.717) is 27.2 Å². The number of aromatic nitrogens is 1. The van der Waals surface area contributed by atoms with Crippen LogP contribution in [0, 0.1) is 13.8 Å². The highest BCUT2D eigenvalue weighted by molar-refractivity contribution is 7.14. The van der Waals surface area contributed by atoms with Gasteiger partial charge in [-0.1, -0.05) is 42.0 Å². The summed E-state index contributed by atoms with van der Waals surface area (Å²) in [5, 5.41) is 5.14. The quantitative estimate of drug-likeness (QED) is 0.413. The topological polar surface area (TPSA) is 111 Å². The van der Waals surface area contributed by atoms with E-state index >= 15 is 0 Å². The molecule has 4 aromatic rings. The van der Waals surface area contributed by atoms with Crippen LogP contribution in [0.4, 0.5) is 5.00 Å². The zero-order valence-electron chi connectivity index (χ0n) is 18.0. The second kappa shape index (κ2) is 9.22. The van der Waals surface area contributed by atoms with Gasteiger partial charge in [0.15, 0.2) is 6.61 Å². The summed E-state index contributed by atoms with van der Waals surface area (Å²) in [5.41, 5.74) is 10.2. The molecule has 0 saturated carbocycles. The molecule has 8 heteroatoms. The Morgan fingerprint density at radius 3 is 2.58 bits per heavy atom. The smallest absolute Gasteiger partial charge is 0.339 e. The van der Waals surface area contributed by atoms with Gasteiger partial charge in [-0.05, 0) is 43.0 Å². The molecule has 0 aliphatic heterocycles. The van der Waals surface area contributed by atoms with Crippen molar-refractivity contribution >= 4 is 45.0 Å². The number of primary amides is 1. The normalized spacial score (nSPS) is 10.7. The molecule has 7 nitrogen and oxygen atoms in total. The molecule has 0 saturated heterocycles. The molecule has 2 amide bonds. The highest BCUT2D eigenvalue weighted by Gasteiger charge is 2.18. The van der Waals surface area contributed by atoms with Gasteiger partial charge >= 0.3 is 5.97 Å². The standard InChI is InChI=1S/C25H21N3O4S/c1-14-7-8-16(15(2)11-14)21-12-19(17-5-3-4-6-20(17)27-21)25(31)32-13-22(29)28-24-18(23(26)30)9-10-33-24/h3-12H,13H2,1-2H3,(H2,26,30)(H,28,29). The Bertz CT molecular complexity index is 1390. The number of aryl methyl sites for hydroxylation is 2. The molecule has 0 aliphatic rings. The number of benzene rings is 2. The fraction of sp³-hybridized carbons (Fsp3) is 0.120. The predicted molar refractivity (Wildman–Crippen MR) is 128 cm³/mol. The monoisotopic (exact) mass is 459 g/mol. The maximum Gasteiger partial charge on any atom is 0.339 e. The summed E-state index contributed by atoms with van der Waals surface area (Å²) in [6.07, 6.45) is 0. The molecule has 0 unspecified atom stereocenters. The number of para-hydroxylation sites is 1. The molecule has 2 aromatic carbocycles. The van der Waals surface area contributed by atoms with Crippen molar-refractivity contribution in [2.75, 3.05) is 11.9 Å². The number of nitrogens with two attached hydrogens (primary N) is 1. The Morgan fingerprint density at radius 2 is 1.82 bits per heavy atom. The minimum atomic E-state index is -0.647. The van der Waals surface area contributed by atoms with E-state index in [-0.39, 0.29) is 5.56 Å². The highest BCUT2D eigenvalue weighted by atomic mass is 32.1. The number of carbonyl (C=O) groups excluding carboxylic acids is 3. The summed E-state index contributed by atoms with van der Waals surface area (Å²) in [4.78, 5) is 41.4. The third kappa shape index (κ3) is 4.75. The lowest BCUT2D eigenvalue weighted by molar-refractivity contribution is -0.119. The molecule has 0 aliphatic carbocycles. The van der Waals surface area contributed by atoms with E-state index in [4.69, 9.17) is 15.5 Å². The Hall–Kier alpha value is -4.04. The molecular weight excluding hydrogens is 438 g/mol. The Morgan fingerprint density at radius 1 is 1.03 bits per heavy atom. The lowest BCUT2D eigenvalue weighted by atomic mass is 9.99. The molecule has 0 atom stereocenters. The van der Waals surface area contributed by atoms with Crippen molar-refractivity contribution < 1.29 is 19.1 Å². The van der Waals surface area contributed by atoms with Gasteiger partial charge in [-0.3, -0.25) is 9.59 Å². The molecule has 0 radical (unpaired) electrons. The number of nitrogens with one attached hydrogen (secondary N) is 1. The second-order valence-electron chi connectivity index (χ2n) is 7.54.